The summed E-state index contributed by atoms with van der Waals surface area (Å²) in [5.74, 6) is 0.992. The fourth-order valence-electron chi connectivity index (χ4n) is 4.23. The zero-order chi connectivity index (χ0) is 20.4. The molecule has 7 heteroatoms. The maximum Gasteiger partial charge on any atom is 0.241 e. The van der Waals surface area contributed by atoms with Gasteiger partial charge in [-0.1, -0.05) is 49.4 Å². The van der Waals surface area contributed by atoms with E-state index in [1.54, 1.807) is 0 Å². The summed E-state index contributed by atoms with van der Waals surface area (Å²) < 4.78 is 29.8. The lowest BCUT2D eigenvalue weighted by Gasteiger charge is -2.39. The molecular weight excluding hydrogens is 388 g/mol. The first-order chi connectivity index (χ1) is 14.0. The van der Waals surface area contributed by atoms with Crippen LogP contribution in [0.2, 0.25) is 0 Å². The highest BCUT2D eigenvalue weighted by Crippen LogP contribution is 2.39. The SMILES string of the molecule is CCN(CC(=O)N1c2ccccc2OC[C@H]1c1ccccc1)[C@H]1CCS(=O)(=O)C1. The van der Waals surface area contributed by atoms with E-state index in [1.165, 1.54) is 0 Å². The molecule has 2 atom stereocenters. The predicted octanol–water partition coefficient (Wildman–Crippen LogP) is 2.66. The van der Waals surface area contributed by atoms with E-state index < -0.39 is 9.84 Å². The minimum absolute atomic E-state index is 0.0410. The Hall–Kier alpha value is -2.38. The molecule has 29 heavy (non-hydrogen) atoms. The number of fused-ring (bicyclic) bond motifs is 1. The molecule has 154 valence electrons. The van der Waals surface area contributed by atoms with Gasteiger partial charge in [0.2, 0.25) is 5.91 Å². The monoisotopic (exact) mass is 414 g/mol. The van der Waals surface area contributed by atoms with Gasteiger partial charge >= 0.3 is 0 Å². The third-order valence-electron chi connectivity index (χ3n) is 5.76. The lowest BCUT2D eigenvalue weighted by molar-refractivity contribution is -0.121. The summed E-state index contributed by atoms with van der Waals surface area (Å²) in [4.78, 5) is 17.3. The van der Waals surface area contributed by atoms with Crippen molar-refractivity contribution in [3.63, 3.8) is 0 Å². The van der Waals surface area contributed by atoms with E-state index in [0.29, 0.717) is 25.3 Å². The standard InChI is InChI=1S/C22H26N2O4S/c1-2-23(18-12-13-29(26,27)16-18)14-22(25)24-19-10-6-7-11-21(19)28-15-20(24)17-8-4-3-5-9-17/h3-11,18,20H,2,12-16H2,1H3/t18-,20-/m0/s1. The number of carbonyl (C=O) groups excluding carboxylic acids is 1. The fourth-order valence-corrected chi connectivity index (χ4v) is 5.99. The van der Waals surface area contributed by atoms with Gasteiger partial charge in [-0.15, -0.1) is 0 Å². The van der Waals surface area contributed by atoms with Crippen LogP contribution < -0.4 is 9.64 Å². The summed E-state index contributed by atoms with van der Waals surface area (Å²) in [6, 6.07) is 17.1. The van der Waals surface area contributed by atoms with Gasteiger partial charge in [-0.2, -0.15) is 0 Å². The van der Waals surface area contributed by atoms with Gasteiger partial charge in [0.1, 0.15) is 12.4 Å². The number of para-hydroxylation sites is 2. The minimum atomic E-state index is -3.00. The van der Waals surface area contributed by atoms with E-state index in [-0.39, 0.29) is 36.0 Å². The van der Waals surface area contributed by atoms with Crippen molar-refractivity contribution in [2.45, 2.75) is 25.4 Å². The Labute approximate surface area is 172 Å². The van der Waals surface area contributed by atoms with Gasteiger partial charge in [0.25, 0.3) is 0 Å². The average molecular weight is 415 g/mol. The van der Waals surface area contributed by atoms with Crippen molar-refractivity contribution < 1.29 is 17.9 Å². The molecule has 4 rings (SSSR count). The van der Waals surface area contributed by atoms with Crippen LogP contribution in [0, 0.1) is 0 Å². The predicted molar refractivity (Wildman–Crippen MR) is 113 cm³/mol. The van der Waals surface area contributed by atoms with Crippen LogP contribution >= 0.6 is 0 Å². The number of sulfone groups is 1. The van der Waals surface area contributed by atoms with Gasteiger partial charge < -0.3 is 4.74 Å². The summed E-state index contributed by atoms with van der Waals surface area (Å²) in [7, 11) is -3.00. The molecular formula is C22H26N2O4S. The first-order valence-electron chi connectivity index (χ1n) is 10.0. The Bertz CT molecular complexity index is 977. The lowest BCUT2D eigenvalue weighted by Crippen LogP contribution is -2.48. The molecule has 2 aliphatic heterocycles. The van der Waals surface area contributed by atoms with Crippen LogP contribution in [0.3, 0.4) is 0 Å². The van der Waals surface area contributed by atoms with Gasteiger partial charge in [0, 0.05) is 6.04 Å². The Morgan fingerprint density at radius 2 is 1.86 bits per heavy atom. The fraction of sp³-hybridized carbons (Fsp3) is 0.409. The summed E-state index contributed by atoms with van der Waals surface area (Å²) >= 11 is 0. The van der Waals surface area contributed by atoms with E-state index in [4.69, 9.17) is 4.74 Å². The van der Waals surface area contributed by atoms with Gasteiger partial charge in [-0.3, -0.25) is 14.6 Å². The molecule has 2 aliphatic rings. The molecule has 1 amide bonds. The molecule has 0 bridgehead atoms. The Balaban J connectivity index is 1.62. The zero-order valence-electron chi connectivity index (χ0n) is 16.5. The second-order valence-electron chi connectivity index (χ2n) is 7.59. The van der Waals surface area contributed by atoms with E-state index in [9.17, 15) is 13.2 Å². The molecule has 0 radical (unpaired) electrons. The van der Waals surface area contributed by atoms with Crippen molar-refractivity contribution in [3.05, 3.63) is 60.2 Å². The van der Waals surface area contributed by atoms with Crippen molar-refractivity contribution in [3.8, 4) is 5.75 Å². The number of hydrogen-bond acceptors (Lipinski definition) is 5. The van der Waals surface area contributed by atoms with Crippen molar-refractivity contribution in [2.24, 2.45) is 0 Å². The van der Waals surface area contributed by atoms with Crippen LogP contribution in [0.4, 0.5) is 5.69 Å². The number of amides is 1. The second-order valence-corrected chi connectivity index (χ2v) is 9.82. The number of benzene rings is 2. The van der Waals surface area contributed by atoms with E-state index in [1.807, 2.05) is 71.3 Å². The topological polar surface area (TPSA) is 66.9 Å². The molecule has 0 spiro atoms. The van der Waals surface area contributed by atoms with Gasteiger partial charge in [-0.05, 0) is 30.7 Å². The second kappa shape index (κ2) is 8.16. The van der Waals surface area contributed by atoms with Gasteiger partial charge in [-0.25, -0.2) is 8.42 Å². The molecule has 1 fully saturated rings. The molecule has 6 nitrogen and oxygen atoms in total. The lowest BCUT2D eigenvalue weighted by atomic mass is 10.0. The number of rotatable bonds is 5. The molecule has 2 heterocycles. The highest BCUT2D eigenvalue weighted by molar-refractivity contribution is 7.91. The Morgan fingerprint density at radius 1 is 1.14 bits per heavy atom. The third kappa shape index (κ3) is 4.16. The average Bonchev–Trinajstić information content (AvgIpc) is 3.11. The van der Waals surface area contributed by atoms with Crippen LogP contribution in [0.25, 0.3) is 0 Å². The zero-order valence-corrected chi connectivity index (χ0v) is 17.3. The molecule has 2 aromatic carbocycles. The van der Waals surface area contributed by atoms with E-state index in [2.05, 4.69) is 0 Å². The van der Waals surface area contributed by atoms with Gasteiger partial charge in [0.15, 0.2) is 9.84 Å². The first-order valence-corrected chi connectivity index (χ1v) is 11.8. The maximum absolute atomic E-state index is 13.5. The smallest absolute Gasteiger partial charge is 0.241 e. The van der Waals surface area contributed by atoms with Crippen molar-refractivity contribution in [2.75, 3.05) is 36.1 Å². The quantitative estimate of drug-likeness (QED) is 0.753. The number of anilines is 1. The Kier molecular flexibility index (Phi) is 5.61. The molecule has 2 aromatic rings. The van der Waals surface area contributed by atoms with E-state index >= 15 is 0 Å². The third-order valence-corrected chi connectivity index (χ3v) is 7.51. The highest BCUT2D eigenvalue weighted by atomic mass is 32.2. The summed E-state index contributed by atoms with van der Waals surface area (Å²) in [6.45, 7) is 3.18. The number of hydrogen-bond donors (Lipinski definition) is 0. The molecule has 0 aliphatic carbocycles. The van der Waals surface area contributed by atoms with Crippen LogP contribution in [-0.4, -0.2) is 56.5 Å². The summed E-state index contributed by atoms with van der Waals surface area (Å²) in [5, 5.41) is 0. The van der Waals surface area contributed by atoms with Crippen molar-refractivity contribution in [1.29, 1.82) is 0 Å². The number of ether oxygens (including phenoxy) is 1. The molecule has 0 unspecified atom stereocenters. The van der Waals surface area contributed by atoms with Crippen molar-refractivity contribution >= 4 is 21.4 Å². The molecule has 0 aromatic heterocycles. The molecule has 0 N–H and O–H groups in total. The maximum atomic E-state index is 13.5. The summed E-state index contributed by atoms with van der Waals surface area (Å²) in [6.07, 6.45) is 0.589. The van der Waals surface area contributed by atoms with Crippen LogP contribution in [0.5, 0.6) is 5.75 Å². The molecule has 1 saturated heterocycles. The normalized spacial score (nSPS) is 22.9. The van der Waals surface area contributed by atoms with Crippen LogP contribution in [-0.2, 0) is 14.6 Å². The highest BCUT2D eigenvalue weighted by Gasteiger charge is 2.37. The van der Waals surface area contributed by atoms with E-state index in [0.717, 1.165) is 11.3 Å². The van der Waals surface area contributed by atoms with Crippen molar-refractivity contribution in [1.82, 2.24) is 4.90 Å². The molecule has 0 saturated carbocycles. The number of likely N-dealkylation sites (N-methyl/N-ethyl adjacent to an activating group) is 1. The largest absolute Gasteiger partial charge is 0.489 e. The minimum Gasteiger partial charge on any atom is -0.489 e. The van der Waals surface area contributed by atoms with Crippen LogP contribution in [0.15, 0.2) is 54.6 Å². The number of carbonyl (C=O) groups is 1. The first kappa shape index (κ1) is 19.9. The van der Waals surface area contributed by atoms with Crippen LogP contribution in [0.1, 0.15) is 24.9 Å². The van der Waals surface area contributed by atoms with Gasteiger partial charge in [0.05, 0.1) is 29.8 Å². The number of nitrogens with zero attached hydrogens (tertiary/aromatic N) is 2. The Morgan fingerprint density at radius 3 is 2.55 bits per heavy atom. The summed E-state index contributed by atoms with van der Waals surface area (Å²) in [5.41, 5.74) is 1.77.